The lowest BCUT2D eigenvalue weighted by atomic mass is 10.1. The normalized spacial score (nSPS) is 13.6. The highest BCUT2D eigenvalue weighted by Crippen LogP contribution is 2.25. The van der Waals surface area contributed by atoms with Gasteiger partial charge in [0.05, 0.1) is 6.54 Å². The van der Waals surface area contributed by atoms with Crippen LogP contribution in [0.5, 0.6) is 0 Å². The Morgan fingerprint density at radius 2 is 1.96 bits per heavy atom. The lowest BCUT2D eigenvalue weighted by Crippen LogP contribution is -2.39. The van der Waals surface area contributed by atoms with Gasteiger partial charge >= 0.3 is 0 Å². The van der Waals surface area contributed by atoms with Crippen LogP contribution >= 0.6 is 47.1 Å². The summed E-state index contributed by atoms with van der Waals surface area (Å²) in [6, 6.07) is 14.2. The molecule has 0 bridgehead atoms. The molecule has 2 rings (SSSR count). The molecule has 0 aliphatic carbocycles. The molecule has 2 aromatic rings. The molecule has 1 atom stereocenters. The van der Waals surface area contributed by atoms with Gasteiger partial charge in [0, 0.05) is 28.6 Å². The maximum absolute atomic E-state index is 10.6. The largest absolute Gasteiger partial charge is 0.383 e. The van der Waals surface area contributed by atoms with Gasteiger partial charge in [0.15, 0.2) is 5.96 Å². The summed E-state index contributed by atoms with van der Waals surface area (Å²) in [5.41, 5.74) is -0.935. The fourth-order valence-corrected chi connectivity index (χ4v) is 3.66. The minimum absolute atomic E-state index is 0. The molecule has 0 aliphatic rings. The number of thiophene rings is 1. The van der Waals surface area contributed by atoms with Crippen molar-refractivity contribution in [2.24, 2.45) is 4.99 Å². The van der Waals surface area contributed by atoms with E-state index in [9.17, 15) is 5.11 Å². The number of benzene rings is 1. The summed E-state index contributed by atoms with van der Waals surface area (Å²) in [7, 11) is 0. The standard InChI is InChI=1S/C18H25N3OS2.HI/c1-3-19-17(20-11-13-23-15-8-5-4-6-9-15)21-14-18(2,22)16-10-7-12-24-16;/h4-10,12,22H,3,11,13-14H2,1-2H3,(H2,19,20,21);1H. The Hall–Kier alpha value is -0.770. The maximum Gasteiger partial charge on any atom is 0.191 e. The van der Waals surface area contributed by atoms with Crippen LogP contribution in [0.25, 0.3) is 0 Å². The van der Waals surface area contributed by atoms with Crippen LogP contribution in [0.15, 0.2) is 57.7 Å². The summed E-state index contributed by atoms with van der Waals surface area (Å²) in [4.78, 5) is 6.73. The van der Waals surface area contributed by atoms with E-state index in [1.165, 1.54) is 4.90 Å². The van der Waals surface area contributed by atoms with Crippen LogP contribution in [-0.2, 0) is 5.60 Å². The third kappa shape index (κ3) is 7.98. The molecular weight excluding hydrogens is 465 g/mol. The number of aliphatic imine (C=N–C) groups is 1. The number of thioether (sulfide) groups is 1. The minimum Gasteiger partial charge on any atom is -0.383 e. The van der Waals surface area contributed by atoms with Crippen LogP contribution in [0.4, 0.5) is 0 Å². The summed E-state index contributed by atoms with van der Waals surface area (Å²) in [5, 5.41) is 19.1. The molecule has 0 radical (unpaired) electrons. The van der Waals surface area contributed by atoms with Crippen molar-refractivity contribution in [2.75, 3.05) is 25.4 Å². The molecule has 1 heterocycles. The molecule has 1 unspecified atom stereocenters. The van der Waals surface area contributed by atoms with Gasteiger partial charge in [0.2, 0.25) is 0 Å². The first kappa shape index (κ1) is 22.3. The smallest absolute Gasteiger partial charge is 0.191 e. The molecule has 1 aromatic carbocycles. The quantitative estimate of drug-likeness (QED) is 0.172. The van der Waals surface area contributed by atoms with E-state index >= 15 is 0 Å². The highest BCUT2D eigenvalue weighted by Gasteiger charge is 2.23. The van der Waals surface area contributed by atoms with E-state index in [1.54, 1.807) is 18.3 Å². The zero-order chi connectivity index (χ0) is 17.3. The van der Waals surface area contributed by atoms with Gasteiger partial charge in [-0.05, 0) is 37.4 Å². The fourth-order valence-electron chi connectivity index (χ4n) is 2.09. The average molecular weight is 491 g/mol. The van der Waals surface area contributed by atoms with Crippen LogP contribution in [0.3, 0.4) is 0 Å². The molecule has 0 aliphatic heterocycles. The summed E-state index contributed by atoms with van der Waals surface area (Å²) in [5.74, 6) is 1.69. The Morgan fingerprint density at radius 3 is 2.60 bits per heavy atom. The third-order valence-corrected chi connectivity index (χ3v) is 5.48. The van der Waals surface area contributed by atoms with E-state index in [-0.39, 0.29) is 24.0 Å². The Labute approximate surface area is 175 Å². The van der Waals surface area contributed by atoms with Gasteiger partial charge in [-0.2, -0.15) is 0 Å². The Balaban J connectivity index is 0.00000312. The molecule has 3 N–H and O–H groups in total. The van der Waals surface area contributed by atoms with Gasteiger partial charge in [-0.3, -0.25) is 0 Å². The molecule has 0 spiro atoms. The lowest BCUT2D eigenvalue weighted by molar-refractivity contribution is 0.0711. The van der Waals surface area contributed by atoms with Crippen LogP contribution in [-0.4, -0.2) is 36.5 Å². The minimum atomic E-state index is -0.935. The van der Waals surface area contributed by atoms with Gasteiger partial charge in [-0.15, -0.1) is 47.1 Å². The van der Waals surface area contributed by atoms with Gasteiger partial charge < -0.3 is 15.7 Å². The van der Waals surface area contributed by atoms with Crippen LogP contribution in [0, 0.1) is 0 Å². The summed E-state index contributed by atoms with van der Waals surface area (Å²) >= 11 is 3.36. The van der Waals surface area contributed by atoms with Crippen molar-refractivity contribution in [2.45, 2.75) is 24.3 Å². The van der Waals surface area contributed by atoms with E-state index in [0.717, 1.165) is 29.7 Å². The fraction of sp³-hybridized carbons (Fsp3) is 0.389. The number of guanidine groups is 1. The van der Waals surface area contributed by atoms with Gasteiger partial charge in [-0.25, -0.2) is 4.99 Å². The van der Waals surface area contributed by atoms with E-state index in [4.69, 9.17) is 0 Å². The number of nitrogens with one attached hydrogen (secondary N) is 2. The SMILES string of the molecule is CCNC(=NCC(C)(O)c1cccs1)NCCSc1ccccc1.I. The zero-order valence-electron chi connectivity index (χ0n) is 14.6. The molecule has 1 aromatic heterocycles. The van der Waals surface area contributed by atoms with Crippen molar-refractivity contribution in [3.63, 3.8) is 0 Å². The van der Waals surface area contributed by atoms with E-state index < -0.39 is 5.60 Å². The maximum atomic E-state index is 10.6. The molecule has 0 fully saturated rings. The molecule has 0 amide bonds. The number of hydrogen-bond donors (Lipinski definition) is 3. The number of rotatable bonds is 8. The number of nitrogens with zero attached hydrogens (tertiary/aromatic N) is 1. The lowest BCUT2D eigenvalue weighted by Gasteiger charge is -2.20. The third-order valence-electron chi connectivity index (χ3n) is 3.35. The van der Waals surface area contributed by atoms with Gasteiger partial charge in [0.25, 0.3) is 0 Å². The molecule has 0 saturated carbocycles. The predicted octanol–water partition coefficient (Wildman–Crippen LogP) is 3.92. The van der Waals surface area contributed by atoms with Crippen molar-refractivity contribution in [3.8, 4) is 0 Å². The molecule has 4 nitrogen and oxygen atoms in total. The van der Waals surface area contributed by atoms with Crippen molar-refractivity contribution in [1.82, 2.24) is 10.6 Å². The predicted molar refractivity (Wildman–Crippen MR) is 120 cm³/mol. The molecule has 138 valence electrons. The topological polar surface area (TPSA) is 56.7 Å². The van der Waals surface area contributed by atoms with Crippen LogP contribution in [0.1, 0.15) is 18.7 Å². The number of aliphatic hydroxyl groups is 1. The first-order chi connectivity index (χ1) is 11.6. The van der Waals surface area contributed by atoms with Crippen molar-refractivity contribution < 1.29 is 5.11 Å². The highest BCUT2D eigenvalue weighted by atomic mass is 127. The number of halogens is 1. The van der Waals surface area contributed by atoms with E-state index in [0.29, 0.717) is 6.54 Å². The second-order valence-corrected chi connectivity index (χ2v) is 7.65. The van der Waals surface area contributed by atoms with Crippen molar-refractivity contribution in [1.29, 1.82) is 0 Å². The van der Waals surface area contributed by atoms with Crippen molar-refractivity contribution in [3.05, 3.63) is 52.7 Å². The average Bonchev–Trinajstić information content (AvgIpc) is 3.13. The Kier molecular flexibility index (Phi) is 10.5. The van der Waals surface area contributed by atoms with Gasteiger partial charge in [-0.1, -0.05) is 24.3 Å². The second kappa shape index (κ2) is 11.8. The highest BCUT2D eigenvalue weighted by molar-refractivity contribution is 14.0. The Morgan fingerprint density at radius 1 is 1.20 bits per heavy atom. The first-order valence-electron chi connectivity index (χ1n) is 8.08. The summed E-state index contributed by atoms with van der Waals surface area (Å²) < 4.78 is 0. The molecule has 7 heteroatoms. The zero-order valence-corrected chi connectivity index (χ0v) is 18.5. The summed E-state index contributed by atoms with van der Waals surface area (Å²) in [6.07, 6.45) is 0. The van der Waals surface area contributed by atoms with Crippen LogP contribution in [0.2, 0.25) is 0 Å². The monoisotopic (exact) mass is 491 g/mol. The second-order valence-electron chi connectivity index (χ2n) is 5.53. The molecule has 0 saturated heterocycles. The molecular formula is C18H26IN3OS2. The first-order valence-corrected chi connectivity index (χ1v) is 9.95. The van der Waals surface area contributed by atoms with Gasteiger partial charge in [0.1, 0.15) is 5.60 Å². The van der Waals surface area contributed by atoms with Crippen molar-refractivity contribution >= 4 is 53.0 Å². The number of hydrogen-bond acceptors (Lipinski definition) is 4. The molecule has 25 heavy (non-hydrogen) atoms. The summed E-state index contributed by atoms with van der Waals surface area (Å²) in [6.45, 7) is 5.77. The van der Waals surface area contributed by atoms with E-state index in [2.05, 4.69) is 27.8 Å². The Bertz CT molecular complexity index is 619. The van der Waals surface area contributed by atoms with E-state index in [1.807, 2.05) is 54.4 Å². The van der Waals surface area contributed by atoms with Crippen LogP contribution < -0.4 is 10.6 Å².